The fraction of sp³-hybridized carbons (Fsp3) is 0.133. The Morgan fingerprint density at radius 1 is 1.10 bits per heavy atom. The number of amidine groups is 1. The van der Waals surface area contributed by atoms with Gasteiger partial charge in [0.05, 0.1) is 0 Å². The molecule has 5 heteroatoms. The molecule has 0 unspecified atom stereocenters. The van der Waals surface area contributed by atoms with E-state index in [0.717, 1.165) is 28.7 Å². The fourth-order valence-electron chi connectivity index (χ4n) is 1.85. The zero-order valence-electron chi connectivity index (χ0n) is 10.9. The minimum absolute atomic E-state index is 0.125. The lowest BCUT2D eigenvalue weighted by Gasteiger charge is -2.07. The first-order chi connectivity index (χ1) is 9.69. The van der Waals surface area contributed by atoms with Crippen LogP contribution in [0.5, 0.6) is 0 Å². The standard InChI is InChI=1S/C15H16BrN3O/c16-14-6-4-11(5-7-14)9-18-10-12-2-1-3-13(8-12)15(17)19-20/h1-8,18,20H,9-10H2,(H2,17,19). The largest absolute Gasteiger partial charge is 0.409 e. The van der Waals surface area contributed by atoms with Gasteiger partial charge in [0.2, 0.25) is 0 Å². The van der Waals surface area contributed by atoms with Crippen molar-refractivity contribution in [3.63, 3.8) is 0 Å². The van der Waals surface area contributed by atoms with E-state index in [1.807, 2.05) is 36.4 Å². The maximum atomic E-state index is 8.67. The van der Waals surface area contributed by atoms with Crippen LogP contribution >= 0.6 is 15.9 Å². The molecule has 0 saturated carbocycles. The molecule has 0 saturated heterocycles. The van der Waals surface area contributed by atoms with Gasteiger partial charge in [-0.25, -0.2) is 0 Å². The summed E-state index contributed by atoms with van der Waals surface area (Å²) in [7, 11) is 0. The Bertz CT molecular complexity index is 596. The van der Waals surface area contributed by atoms with E-state index in [4.69, 9.17) is 10.9 Å². The van der Waals surface area contributed by atoms with Gasteiger partial charge in [-0.1, -0.05) is 51.4 Å². The summed E-state index contributed by atoms with van der Waals surface area (Å²) in [5.74, 6) is 0.125. The molecule has 0 atom stereocenters. The van der Waals surface area contributed by atoms with Gasteiger partial charge in [-0.05, 0) is 29.3 Å². The molecule has 2 aromatic rings. The van der Waals surface area contributed by atoms with Crippen molar-refractivity contribution in [2.75, 3.05) is 0 Å². The first-order valence-corrected chi connectivity index (χ1v) is 7.00. The number of rotatable bonds is 5. The number of oxime groups is 1. The molecule has 0 bridgehead atoms. The van der Waals surface area contributed by atoms with Crippen LogP contribution in [0.25, 0.3) is 0 Å². The molecule has 0 spiro atoms. The Labute approximate surface area is 126 Å². The number of nitrogens with one attached hydrogen (secondary N) is 1. The van der Waals surface area contributed by atoms with Crippen molar-refractivity contribution in [1.82, 2.24) is 5.32 Å². The highest BCUT2D eigenvalue weighted by molar-refractivity contribution is 9.10. The van der Waals surface area contributed by atoms with E-state index in [2.05, 4.69) is 38.5 Å². The Morgan fingerprint density at radius 3 is 2.50 bits per heavy atom. The molecule has 104 valence electrons. The summed E-state index contributed by atoms with van der Waals surface area (Å²) in [6.45, 7) is 1.52. The minimum atomic E-state index is 0.125. The molecule has 4 N–H and O–H groups in total. The first kappa shape index (κ1) is 14.6. The predicted octanol–water partition coefficient (Wildman–Crippen LogP) is 2.83. The average Bonchev–Trinajstić information content (AvgIpc) is 2.49. The Morgan fingerprint density at radius 2 is 1.80 bits per heavy atom. The lowest BCUT2D eigenvalue weighted by molar-refractivity contribution is 0.318. The number of hydrogen-bond donors (Lipinski definition) is 3. The van der Waals surface area contributed by atoms with E-state index < -0.39 is 0 Å². The van der Waals surface area contributed by atoms with Crippen molar-refractivity contribution in [2.24, 2.45) is 10.9 Å². The average molecular weight is 334 g/mol. The van der Waals surface area contributed by atoms with Crippen molar-refractivity contribution in [1.29, 1.82) is 0 Å². The quantitative estimate of drug-likeness (QED) is 0.341. The summed E-state index contributed by atoms with van der Waals surface area (Å²) in [5.41, 5.74) is 8.60. The molecule has 2 aromatic carbocycles. The van der Waals surface area contributed by atoms with Crippen LogP contribution < -0.4 is 11.1 Å². The summed E-state index contributed by atoms with van der Waals surface area (Å²) in [5, 5.41) is 15.0. The second-order valence-electron chi connectivity index (χ2n) is 4.42. The molecule has 4 nitrogen and oxygen atoms in total. The van der Waals surface area contributed by atoms with Crippen LogP contribution in [0, 0.1) is 0 Å². The molecule has 0 aliphatic rings. The second-order valence-corrected chi connectivity index (χ2v) is 5.33. The molecule has 0 amide bonds. The van der Waals surface area contributed by atoms with Gasteiger partial charge in [0, 0.05) is 23.1 Å². The van der Waals surface area contributed by atoms with Crippen molar-refractivity contribution in [2.45, 2.75) is 13.1 Å². The van der Waals surface area contributed by atoms with E-state index in [1.165, 1.54) is 5.56 Å². The molecule has 0 heterocycles. The van der Waals surface area contributed by atoms with Crippen LogP contribution in [-0.4, -0.2) is 11.0 Å². The lowest BCUT2D eigenvalue weighted by atomic mass is 10.1. The van der Waals surface area contributed by atoms with Gasteiger partial charge in [0.25, 0.3) is 0 Å². The predicted molar refractivity (Wildman–Crippen MR) is 83.6 cm³/mol. The third-order valence-corrected chi connectivity index (χ3v) is 3.43. The SMILES string of the molecule is NC(=NO)c1cccc(CNCc2ccc(Br)cc2)c1. The number of halogens is 1. The van der Waals surface area contributed by atoms with E-state index >= 15 is 0 Å². The highest BCUT2D eigenvalue weighted by Crippen LogP contribution is 2.10. The van der Waals surface area contributed by atoms with Gasteiger partial charge in [-0.2, -0.15) is 0 Å². The van der Waals surface area contributed by atoms with Crippen LogP contribution in [0.3, 0.4) is 0 Å². The summed E-state index contributed by atoms with van der Waals surface area (Å²) in [6, 6.07) is 15.8. The van der Waals surface area contributed by atoms with Gasteiger partial charge < -0.3 is 16.3 Å². The van der Waals surface area contributed by atoms with E-state index in [0.29, 0.717) is 0 Å². The number of benzene rings is 2. The van der Waals surface area contributed by atoms with Crippen LogP contribution in [0.15, 0.2) is 58.2 Å². The first-order valence-electron chi connectivity index (χ1n) is 6.21. The highest BCUT2D eigenvalue weighted by atomic mass is 79.9. The third-order valence-electron chi connectivity index (χ3n) is 2.90. The van der Waals surface area contributed by atoms with Gasteiger partial charge in [0.1, 0.15) is 0 Å². The maximum Gasteiger partial charge on any atom is 0.170 e. The number of nitrogens with zero attached hydrogens (tertiary/aromatic N) is 1. The van der Waals surface area contributed by atoms with Crippen molar-refractivity contribution in [3.05, 3.63) is 69.7 Å². The highest BCUT2D eigenvalue weighted by Gasteiger charge is 2.00. The van der Waals surface area contributed by atoms with Crippen LogP contribution in [0.4, 0.5) is 0 Å². The monoisotopic (exact) mass is 333 g/mol. The number of nitrogens with two attached hydrogens (primary N) is 1. The normalized spacial score (nSPS) is 11.6. The van der Waals surface area contributed by atoms with Gasteiger partial charge >= 0.3 is 0 Å². The summed E-state index contributed by atoms with van der Waals surface area (Å²) in [4.78, 5) is 0. The van der Waals surface area contributed by atoms with Crippen LogP contribution in [0.2, 0.25) is 0 Å². The number of hydrogen-bond acceptors (Lipinski definition) is 3. The molecule has 0 aliphatic carbocycles. The Hall–Kier alpha value is -1.85. The zero-order valence-corrected chi connectivity index (χ0v) is 12.5. The Kier molecular flexibility index (Phi) is 5.15. The molecule has 2 rings (SSSR count). The molecular formula is C15H16BrN3O. The fourth-order valence-corrected chi connectivity index (χ4v) is 2.12. The smallest absolute Gasteiger partial charge is 0.170 e. The lowest BCUT2D eigenvalue weighted by Crippen LogP contribution is -2.15. The minimum Gasteiger partial charge on any atom is -0.409 e. The topological polar surface area (TPSA) is 70.6 Å². The molecule has 20 heavy (non-hydrogen) atoms. The van der Waals surface area contributed by atoms with Crippen LogP contribution in [-0.2, 0) is 13.1 Å². The van der Waals surface area contributed by atoms with Crippen molar-refractivity contribution >= 4 is 21.8 Å². The summed E-state index contributed by atoms with van der Waals surface area (Å²) in [6.07, 6.45) is 0. The summed E-state index contributed by atoms with van der Waals surface area (Å²) < 4.78 is 1.08. The molecule has 0 fully saturated rings. The van der Waals surface area contributed by atoms with E-state index in [9.17, 15) is 0 Å². The van der Waals surface area contributed by atoms with Crippen LogP contribution in [0.1, 0.15) is 16.7 Å². The van der Waals surface area contributed by atoms with Crippen molar-refractivity contribution < 1.29 is 5.21 Å². The van der Waals surface area contributed by atoms with E-state index in [1.54, 1.807) is 0 Å². The maximum absolute atomic E-state index is 8.67. The van der Waals surface area contributed by atoms with E-state index in [-0.39, 0.29) is 5.84 Å². The molecule has 0 aliphatic heterocycles. The second kappa shape index (κ2) is 7.07. The van der Waals surface area contributed by atoms with Gasteiger partial charge in [-0.3, -0.25) is 0 Å². The van der Waals surface area contributed by atoms with Gasteiger partial charge in [0.15, 0.2) is 5.84 Å². The van der Waals surface area contributed by atoms with Gasteiger partial charge in [-0.15, -0.1) is 0 Å². The third kappa shape index (κ3) is 4.08. The Balaban J connectivity index is 1.92. The molecular weight excluding hydrogens is 318 g/mol. The molecule has 0 aromatic heterocycles. The zero-order chi connectivity index (χ0) is 14.4. The molecule has 0 radical (unpaired) electrons. The summed E-state index contributed by atoms with van der Waals surface area (Å²) >= 11 is 3.41. The van der Waals surface area contributed by atoms with Crippen molar-refractivity contribution in [3.8, 4) is 0 Å².